The summed E-state index contributed by atoms with van der Waals surface area (Å²) in [6.07, 6.45) is 1.14. The lowest BCUT2D eigenvalue weighted by molar-refractivity contribution is -0.127. The number of amides is 1. The lowest BCUT2D eigenvalue weighted by Gasteiger charge is -2.15. The van der Waals surface area contributed by atoms with Crippen LogP contribution in [0.5, 0.6) is 5.75 Å². The summed E-state index contributed by atoms with van der Waals surface area (Å²) in [5.41, 5.74) is 0. The quantitative estimate of drug-likeness (QED) is 0.741. The molecular weight excluding hydrogens is 316 g/mol. The van der Waals surface area contributed by atoms with Gasteiger partial charge in [-0.05, 0) is 31.5 Å². The number of carbonyl (C=O) groups is 1. The second kappa shape index (κ2) is 7.63. The van der Waals surface area contributed by atoms with E-state index >= 15 is 0 Å². The van der Waals surface area contributed by atoms with Gasteiger partial charge in [-0.1, -0.05) is 24.9 Å². The fraction of sp³-hybridized carbons (Fsp3) is 0.462. The number of halogens is 1. The van der Waals surface area contributed by atoms with E-state index in [1.54, 1.807) is 6.92 Å². The van der Waals surface area contributed by atoms with Gasteiger partial charge in [0, 0.05) is 6.54 Å². The van der Waals surface area contributed by atoms with E-state index in [0.29, 0.717) is 6.54 Å². The topological polar surface area (TPSA) is 98.5 Å². The van der Waals surface area contributed by atoms with Crippen molar-refractivity contribution in [1.82, 2.24) is 5.32 Å². The van der Waals surface area contributed by atoms with Crippen LogP contribution in [0.4, 0.5) is 0 Å². The first-order chi connectivity index (χ1) is 9.75. The van der Waals surface area contributed by atoms with Crippen LogP contribution >= 0.6 is 11.6 Å². The Balaban J connectivity index is 2.73. The lowest BCUT2D eigenvalue weighted by Crippen LogP contribution is -2.36. The zero-order valence-electron chi connectivity index (χ0n) is 11.9. The zero-order chi connectivity index (χ0) is 16.0. The summed E-state index contributed by atoms with van der Waals surface area (Å²) < 4.78 is 27.8. The number of benzene rings is 1. The molecule has 0 bridgehead atoms. The van der Waals surface area contributed by atoms with Gasteiger partial charge in [0.25, 0.3) is 5.91 Å². The molecule has 1 rings (SSSR count). The highest BCUT2D eigenvalue weighted by molar-refractivity contribution is 7.89. The lowest BCUT2D eigenvalue weighted by atomic mass is 10.3. The standard InChI is InChI=1S/C13H19ClN2O4S/c1-3-4-7-16-13(17)9(2)20-12-6-5-10(8-11(12)14)21(15,18)19/h5-6,8-9H,3-4,7H2,1-2H3,(H,16,17)(H2,15,18,19). The molecule has 118 valence electrons. The second-order valence-electron chi connectivity index (χ2n) is 4.54. The van der Waals surface area contributed by atoms with Gasteiger partial charge in [-0.3, -0.25) is 4.79 Å². The molecule has 0 saturated heterocycles. The number of sulfonamides is 1. The van der Waals surface area contributed by atoms with E-state index in [-0.39, 0.29) is 21.6 Å². The zero-order valence-corrected chi connectivity index (χ0v) is 13.5. The third-order valence-corrected chi connectivity index (χ3v) is 3.94. The molecule has 0 radical (unpaired) electrons. The number of hydrogen-bond acceptors (Lipinski definition) is 4. The first-order valence-corrected chi connectivity index (χ1v) is 8.45. The predicted molar refractivity (Wildman–Crippen MR) is 80.8 cm³/mol. The molecule has 0 aliphatic heterocycles. The fourth-order valence-electron chi connectivity index (χ4n) is 1.53. The highest BCUT2D eigenvalue weighted by Crippen LogP contribution is 2.27. The van der Waals surface area contributed by atoms with Gasteiger partial charge in [0.1, 0.15) is 5.75 Å². The average Bonchev–Trinajstić information content (AvgIpc) is 2.39. The molecule has 8 heteroatoms. The van der Waals surface area contributed by atoms with E-state index in [1.165, 1.54) is 18.2 Å². The number of primary sulfonamides is 1. The van der Waals surface area contributed by atoms with Gasteiger partial charge in [0.15, 0.2) is 6.10 Å². The largest absolute Gasteiger partial charge is 0.479 e. The van der Waals surface area contributed by atoms with Gasteiger partial charge < -0.3 is 10.1 Å². The minimum absolute atomic E-state index is 0.0785. The van der Waals surface area contributed by atoms with Gasteiger partial charge in [-0.15, -0.1) is 0 Å². The van der Waals surface area contributed by atoms with Crippen molar-refractivity contribution in [1.29, 1.82) is 0 Å². The Morgan fingerprint density at radius 2 is 2.14 bits per heavy atom. The Kier molecular flexibility index (Phi) is 6.44. The van der Waals surface area contributed by atoms with Gasteiger partial charge >= 0.3 is 0 Å². The highest BCUT2D eigenvalue weighted by atomic mass is 35.5. The monoisotopic (exact) mass is 334 g/mol. The van der Waals surface area contributed by atoms with Crippen molar-refractivity contribution in [2.24, 2.45) is 5.14 Å². The van der Waals surface area contributed by atoms with Crippen LogP contribution < -0.4 is 15.2 Å². The summed E-state index contributed by atoms with van der Waals surface area (Å²) in [6, 6.07) is 3.84. The molecule has 1 aromatic carbocycles. The van der Waals surface area contributed by atoms with Crippen LogP contribution in [-0.2, 0) is 14.8 Å². The SMILES string of the molecule is CCCCNC(=O)C(C)Oc1ccc(S(N)(=O)=O)cc1Cl. The third-order valence-electron chi connectivity index (χ3n) is 2.73. The van der Waals surface area contributed by atoms with Gasteiger partial charge in [-0.2, -0.15) is 0 Å². The first kappa shape index (κ1) is 17.7. The Labute approximate surface area is 129 Å². The van der Waals surface area contributed by atoms with E-state index < -0.39 is 16.1 Å². The number of rotatable bonds is 7. The van der Waals surface area contributed by atoms with Crippen LogP contribution in [0.25, 0.3) is 0 Å². The third kappa shape index (κ3) is 5.53. The van der Waals surface area contributed by atoms with Gasteiger partial charge in [0.2, 0.25) is 10.0 Å². The summed E-state index contributed by atoms with van der Waals surface area (Å²) in [6.45, 7) is 4.20. The van der Waals surface area contributed by atoms with E-state index in [1.807, 2.05) is 6.92 Å². The Bertz CT molecular complexity index is 604. The average molecular weight is 335 g/mol. The molecule has 0 aliphatic carbocycles. The second-order valence-corrected chi connectivity index (χ2v) is 6.51. The minimum Gasteiger partial charge on any atom is -0.479 e. The molecule has 0 saturated carbocycles. The molecule has 0 aromatic heterocycles. The van der Waals surface area contributed by atoms with Crippen LogP contribution in [0.1, 0.15) is 26.7 Å². The number of hydrogen-bond donors (Lipinski definition) is 2. The normalized spacial score (nSPS) is 12.8. The van der Waals surface area contributed by atoms with Crippen molar-refractivity contribution in [3.63, 3.8) is 0 Å². The van der Waals surface area contributed by atoms with Crippen molar-refractivity contribution in [3.05, 3.63) is 23.2 Å². The van der Waals surface area contributed by atoms with Crippen molar-refractivity contribution in [2.75, 3.05) is 6.54 Å². The van der Waals surface area contributed by atoms with Crippen molar-refractivity contribution < 1.29 is 17.9 Å². The van der Waals surface area contributed by atoms with E-state index in [9.17, 15) is 13.2 Å². The van der Waals surface area contributed by atoms with E-state index in [2.05, 4.69) is 5.32 Å². The molecule has 1 aromatic rings. The Morgan fingerprint density at radius 1 is 1.48 bits per heavy atom. The summed E-state index contributed by atoms with van der Waals surface area (Å²) in [5, 5.41) is 7.82. The smallest absolute Gasteiger partial charge is 0.260 e. The van der Waals surface area contributed by atoms with Crippen molar-refractivity contribution >= 4 is 27.5 Å². The van der Waals surface area contributed by atoms with Crippen molar-refractivity contribution in [2.45, 2.75) is 37.7 Å². The van der Waals surface area contributed by atoms with Gasteiger partial charge in [0.05, 0.1) is 9.92 Å². The van der Waals surface area contributed by atoms with Crippen LogP contribution in [0.2, 0.25) is 5.02 Å². The van der Waals surface area contributed by atoms with E-state index in [0.717, 1.165) is 12.8 Å². The van der Waals surface area contributed by atoms with Gasteiger partial charge in [-0.25, -0.2) is 13.6 Å². The number of carbonyl (C=O) groups excluding carboxylic acids is 1. The molecule has 0 heterocycles. The summed E-state index contributed by atoms with van der Waals surface area (Å²) in [7, 11) is -3.82. The van der Waals surface area contributed by atoms with Crippen molar-refractivity contribution in [3.8, 4) is 5.75 Å². The molecule has 1 unspecified atom stereocenters. The molecule has 21 heavy (non-hydrogen) atoms. The number of nitrogens with one attached hydrogen (secondary N) is 1. The molecule has 0 spiro atoms. The molecule has 1 amide bonds. The summed E-state index contributed by atoms with van der Waals surface area (Å²) in [5.74, 6) is -0.0303. The van der Waals surface area contributed by atoms with Crippen LogP contribution in [0, 0.1) is 0 Å². The molecule has 0 fully saturated rings. The molecular formula is C13H19ClN2O4S. The molecule has 6 nitrogen and oxygen atoms in total. The highest BCUT2D eigenvalue weighted by Gasteiger charge is 2.17. The van der Waals surface area contributed by atoms with E-state index in [4.69, 9.17) is 21.5 Å². The predicted octanol–water partition coefficient (Wildman–Crippen LogP) is 1.67. The fourth-order valence-corrected chi connectivity index (χ4v) is 2.36. The maximum Gasteiger partial charge on any atom is 0.260 e. The number of unbranched alkanes of at least 4 members (excludes halogenated alkanes) is 1. The summed E-state index contributed by atoms with van der Waals surface area (Å²) >= 11 is 5.93. The molecule has 0 aliphatic rings. The molecule has 3 N–H and O–H groups in total. The number of nitrogens with two attached hydrogens (primary N) is 1. The number of ether oxygens (including phenoxy) is 1. The Hall–Kier alpha value is -1.31. The van der Waals surface area contributed by atoms with Crippen LogP contribution in [-0.4, -0.2) is 27.0 Å². The maximum absolute atomic E-state index is 11.8. The Morgan fingerprint density at radius 3 is 2.67 bits per heavy atom. The first-order valence-electron chi connectivity index (χ1n) is 6.52. The summed E-state index contributed by atoms with van der Waals surface area (Å²) in [4.78, 5) is 11.7. The van der Waals surface area contributed by atoms with Crippen LogP contribution in [0.3, 0.4) is 0 Å². The molecule has 1 atom stereocenters. The van der Waals surface area contributed by atoms with Crippen LogP contribution in [0.15, 0.2) is 23.1 Å². The minimum atomic E-state index is -3.82. The maximum atomic E-state index is 11.8.